The standard InChI is InChI=1S/C9H20OS/c1-3-4-5-6-7-8-9(10)11-2/h9-10H,3-8H2,1-2H3. The van der Waals surface area contributed by atoms with E-state index in [4.69, 9.17) is 0 Å². The average Bonchev–Trinajstić information content (AvgIpc) is 2.04. The smallest absolute Gasteiger partial charge is 0.0990 e. The lowest BCUT2D eigenvalue weighted by Gasteiger charge is -2.05. The first-order valence-corrected chi connectivity index (χ1v) is 5.81. The van der Waals surface area contributed by atoms with Gasteiger partial charge in [0.2, 0.25) is 0 Å². The first-order valence-electron chi connectivity index (χ1n) is 4.52. The number of hydrogen-bond donors (Lipinski definition) is 1. The van der Waals surface area contributed by atoms with Crippen LogP contribution in [0.4, 0.5) is 0 Å². The lowest BCUT2D eigenvalue weighted by atomic mass is 10.1. The van der Waals surface area contributed by atoms with E-state index in [2.05, 4.69) is 6.92 Å². The van der Waals surface area contributed by atoms with Gasteiger partial charge in [-0.05, 0) is 12.7 Å². The Bertz CT molecular complexity index is 76.0. The molecule has 0 aliphatic carbocycles. The van der Waals surface area contributed by atoms with Gasteiger partial charge in [0.15, 0.2) is 0 Å². The molecule has 0 radical (unpaired) electrons. The van der Waals surface area contributed by atoms with Gasteiger partial charge in [-0.1, -0.05) is 39.0 Å². The predicted molar refractivity (Wildman–Crippen MR) is 52.9 cm³/mol. The molecule has 0 saturated heterocycles. The first-order chi connectivity index (χ1) is 5.31. The van der Waals surface area contributed by atoms with E-state index in [1.165, 1.54) is 32.1 Å². The molecule has 0 bridgehead atoms. The Hall–Kier alpha value is 0.310. The average molecular weight is 176 g/mol. The van der Waals surface area contributed by atoms with Crippen LogP contribution >= 0.6 is 11.8 Å². The third-order valence-electron chi connectivity index (χ3n) is 1.83. The zero-order chi connectivity index (χ0) is 8.53. The third kappa shape index (κ3) is 8.21. The molecule has 0 aromatic carbocycles. The molecule has 1 N–H and O–H groups in total. The summed E-state index contributed by atoms with van der Waals surface area (Å²) in [7, 11) is 0. The normalized spacial score (nSPS) is 13.4. The Kier molecular flexibility index (Phi) is 8.64. The molecule has 1 unspecified atom stereocenters. The van der Waals surface area contributed by atoms with Gasteiger partial charge in [-0.25, -0.2) is 0 Å². The summed E-state index contributed by atoms with van der Waals surface area (Å²) in [6, 6.07) is 0. The van der Waals surface area contributed by atoms with Crippen LogP contribution in [0.1, 0.15) is 45.4 Å². The van der Waals surface area contributed by atoms with Gasteiger partial charge >= 0.3 is 0 Å². The largest absolute Gasteiger partial charge is 0.382 e. The zero-order valence-corrected chi connectivity index (χ0v) is 8.49. The minimum atomic E-state index is -0.128. The van der Waals surface area contributed by atoms with Gasteiger partial charge in [-0.3, -0.25) is 0 Å². The van der Waals surface area contributed by atoms with Gasteiger partial charge in [0.05, 0.1) is 5.44 Å². The molecule has 0 aromatic rings. The van der Waals surface area contributed by atoms with Crippen molar-refractivity contribution < 1.29 is 5.11 Å². The molecule has 1 atom stereocenters. The van der Waals surface area contributed by atoms with Crippen LogP contribution in [-0.2, 0) is 0 Å². The lowest BCUT2D eigenvalue weighted by molar-refractivity contribution is 0.248. The Labute approximate surface area is 74.6 Å². The van der Waals surface area contributed by atoms with Crippen LogP contribution in [-0.4, -0.2) is 16.8 Å². The summed E-state index contributed by atoms with van der Waals surface area (Å²) in [4.78, 5) is 0. The number of unbranched alkanes of at least 4 members (excludes halogenated alkanes) is 4. The molecule has 0 saturated carbocycles. The Morgan fingerprint density at radius 1 is 1.18 bits per heavy atom. The van der Waals surface area contributed by atoms with E-state index >= 15 is 0 Å². The zero-order valence-electron chi connectivity index (χ0n) is 7.68. The molecule has 68 valence electrons. The number of aliphatic hydroxyl groups excluding tert-OH is 1. The van der Waals surface area contributed by atoms with Gasteiger partial charge in [-0.15, -0.1) is 11.8 Å². The van der Waals surface area contributed by atoms with Crippen molar-refractivity contribution >= 4 is 11.8 Å². The first kappa shape index (κ1) is 11.3. The summed E-state index contributed by atoms with van der Waals surface area (Å²) in [5.74, 6) is 0. The molecule has 0 fully saturated rings. The number of thioether (sulfide) groups is 1. The van der Waals surface area contributed by atoms with Crippen molar-refractivity contribution in [2.75, 3.05) is 6.26 Å². The Morgan fingerprint density at radius 2 is 1.82 bits per heavy atom. The van der Waals surface area contributed by atoms with E-state index in [-0.39, 0.29) is 5.44 Å². The lowest BCUT2D eigenvalue weighted by Crippen LogP contribution is -1.98. The number of aliphatic hydroxyl groups is 1. The molecule has 0 heterocycles. The van der Waals surface area contributed by atoms with Gasteiger partial charge in [-0.2, -0.15) is 0 Å². The quantitative estimate of drug-likeness (QED) is 0.475. The summed E-state index contributed by atoms with van der Waals surface area (Å²) in [6.07, 6.45) is 9.35. The van der Waals surface area contributed by atoms with E-state index in [0.29, 0.717) is 0 Å². The summed E-state index contributed by atoms with van der Waals surface area (Å²) in [5.41, 5.74) is -0.128. The van der Waals surface area contributed by atoms with Crippen molar-refractivity contribution in [2.24, 2.45) is 0 Å². The van der Waals surface area contributed by atoms with Crippen LogP contribution < -0.4 is 0 Å². The van der Waals surface area contributed by atoms with Crippen molar-refractivity contribution in [3.8, 4) is 0 Å². The van der Waals surface area contributed by atoms with Crippen LogP contribution in [0.25, 0.3) is 0 Å². The van der Waals surface area contributed by atoms with E-state index < -0.39 is 0 Å². The van der Waals surface area contributed by atoms with Crippen LogP contribution in [0, 0.1) is 0 Å². The van der Waals surface area contributed by atoms with E-state index in [1.807, 2.05) is 6.26 Å². The molecular weight excluding hydrogens is 156 g/mol. The third-order valence-corrected chi connectivity index (χ3v) is 2.61. The van der Waals surface area contributed by atoms with Gasteiger partial charge in [0.25, 0.3) is 0 Å². The second-order valence-corrected chi connectivity index (χ2v) is 3.91. The van der Waals surface area contributed by atoms with Crippen LogP contribution in [0.2, 0.25) is 0 Å². The molecule has 0 aromatic heterocycles. The molecule has 1 nitrogen and oxygen atoms in total. The van der Waals surface area contributed by atoms with Crippen molar-refractivity contribution in [3.63, 3.8) is 0 Å². The predicted octanol–water partition coefficient (Wildman–Crippen LogP) is 3.03. The maximum atomic E-state index is 9.18. The van der Waals surface area contributed by atoms with E-state index in [0.717, 1.165) is 6.42 Å². The molecule has 11 heavy (non-hydrogen) atoms. The highest BCUT2D eigenvalue weighted by Crippen LogP contribution is 2.12. The summed E-state index contributed by atoms with van der Waals surface area (Å²) in [6.45, 7) is 2.22. The maximum Gasteiger partial charge on any atom is 0.0990 e. The molecule has 0 aliphatic heterocycles. The minimum absolute atomic E-state index is 0.128. The van der Waals surface area contributed by atoms with Crippen molar-refractivity contribution in [3.05, 3.63) is 0 Å². The fraction of sp³-hybridized carbons (Fsp3) is 1.00. The van der Waals surface area contributed by atoms with Gasteiger partial charge in [0.1, 0.15) is 0 Å². The minimum Gasteiger partial charge on any atom is -0.382 e. The highest BCUT2D eigenvalue weighted by Gasteiger charge is 1.99. The fourth-order valence-electron chi connectivity index (χ4n) is 1.04. The van der Waals surface area contributed by atoms with Gasteiger partial charge in [0, 0.05) is 0 Å². The summed E-state index contributed by atoms with van der Waals surface area (Å²) < 4.78 is 0. The van der Waals surface area contributed by atoms with Crippen molar-refractivity contribution in [2.45, 2.75) is 50.9 Å². The molecular formula is C9H20OS. The number of hydrogen-bond acceptors (Lipinski definition) is 2. The van der Waals surface area contributed by atoms with E-state index in [1.54, 1.807) is 11.8 Å². The molecule has 2 heteroatoms. The molecule has 0 amide bonds. The SMILES string of the molecule is CCCCCCCC(O)SC. The van der Waals surface area contributed by atoms with E-state index in [9.17, 15) is 5.11 Å². The highest BCUT2D eigenvalue weighted by molar-refractivity contribution is 7.99. The highest BCUT2D eigenvalue weighted by atomic mass is 32.2. The Morgan fingerprint density at radius 3 is 2.36 bits per heavy atom. The maximum absolute atomic E-state index is 9.18. The van der Waals surface area contributed by atoms with Crippen molar-refractivity contribution in [1.82, 2.24) is 0 Å². The topological polar surface area (TPSA) is 20.2 Å². The molecule has 0 spiro atoms. The Balaban J connectivity index is 2.89. The monoisotopic (exact) mass is 176 g/mol. The van der Waals surface area contributed by atoms with Crippen LogP contribution in [0.3, 0.4) is 0 Å². The summed E-state index contributed by atoms with van der Waals surface area (Å²) in [5, 5.41) is 9.18. The fourth-order valence-corrected chi connectivity index (χ4v) is 1.44. The molecule has 0 rings (SSSR count). The second-order valence-electron chi connectivity index (χ2n) is 2.89. The van der Waals surface area contributed by atoms with Crippen LogP contribution in [0.5, 0.6) is 0 Å². The molecule has 0 aliphatic rings. The van der Waals surface area contributed by atoms with Crippen molar-refractivity contribution in [1.29, 1.82) is 0 Å². The van der Waals surface area contributed by atoms with Crippen LogP contribution in [0.15, 0.2) is 0 Å². The van der Waals surface area contributed by atoms with Gasteiger partial charge < -0.3 is 5.11 Å². The number of rotatable bonds is 7. The summed E-state index contributed by atoms with van der Waals surface area (Å²) >= 11 is 1.54. The second kappa shape index (κ2) is 8.41.